The normalized spacial score (nSPS) is 11.6. The van der Waals surface area contributed by atoms with Crippen molar-refractivity contribution in [3.05, 3.63) is 70.1 Å². The number of nitrogens with one attached hydrogen (secondary N) is 2. The van der Waals surface area contributed by atoms with Crippen molar-refractivity contribution in [1.82, 2.24) is 0 Å². The summed E-state index contributed by atoms with van der Waals surface area (Å²) in [7, 11) is 0. The van der Waals surface area contributed by atoms with E-state index in [0.29, 0.717) is 16.8 Å². The van der Waals surface area contributed by atoms with Crippen LogP contribution < -0.4 is 16.1 Å². The molecule has 0 aliphatic heterocycles. The second-order valence-electron chi connectivity index (χ2n) is 6.77. The molecule has 0 radical (unpaired) electrons. The van der Waals surface area contributed by atoms with Crippen LogP contribution in [0, 0.1) is 6.92 Å². The van der Waals surface area contributed by atoms with Crippen LogP contribution in [-0.2, 0) is 14.3 Å². The summed E-state index contributed by atoms with van der Waals surface area (Å²) in [6, 6.07) is 12.5. The van der Waals surface area contributed by atoms with E-state index in [1.807, 2.05) is 6.92 Å². The number of carbonyl (C=O) groups is 3. The lowest BCUT2D eigenvalue weighted by atomic mass is 10.1. The van der Waals surface area contributed by atoms with Crippen molar-refractivity contribution >= 4 is 40.1 Å². The Morgan fingerprint density at radius 3 is 2.23 bits per heavy atom. The van der Waals surface area contributed by atoms with Gasteiger partial charge in [-0.3, -0.25) is 14.4 Å². The molecule has 2 aromatic carbocycles. The maximum Gasteiger partial charge on any atom is 0.375 e. The fourth-order valence-corrected chi connectivity index (χ4v) is 2.73. The summed E-state index contributed by atoms with van der Waals surface area (Å²) in [5, 5.41) is 5.58. The smallest absolute Gasteiger partial charge is 0.375 e. The predicted molar refractivity (Wildman–Crippen MR) is 111 cm³/mol. The Morgan fingerprint density at radius 1 is 0.967 bits per heavy atom. The number of carbonyl (C=O) groups excluding carboxylic acids is 3. The van der Waals surface area contributed by atoms with Gasteiger partial charge < -0.3 is 19.8 Å². The quantitative estimate of drug-likeness (QED) is 0.627. The molecule has 0 saturated heterocycles. The Morgan fingerprint density at radius 2 is 1.60 bits per heavy atom. The first-order valence-corrected chi connectivity index (χ1v) is 9.17. The zero-order valence-corrected chi connectivity index (χ0v) is 16.6. The molecule has 0 unspecified atom stereocenters. The molecule has 0 saturated carbocycles. The van der Waals surface area contributed by atoms with Crippen molar-refractivity contribution in [2.24, 2.45) is 0 Å². The zero-order chi connectivity index (χ0) is 21.8. The summed E-state index contributed by atoms with van der Waals surface area (Å²) >= 11 is 0. The molecule has 0 fully saturated rings. The van der Waals surface area contributed by atoms with Gasteiger partial charge in [0.2, 0.25) is 11.7 Å². The van der Waals surface area contributed by atoms with Gasteiger partial charge in [-0.1, -0.05) is 11.6 Å². The van der Waals surface area contributed by atoms with Crippen LogP contribution in [0.5, 0.6) is 0 Å². The molecule has 0 spiro atoms. The van der Waals surface area contributed by atoms with Crippen LogP contribution >= 0.6 is 0 Å². The zero-order valence-electron chi connectivity index (χ0n) is 16.6. The van der Waals surface area contributed by atoms with Crippen LogP contribution in [0.1, 0.15) is 30.0 Å². The third kappa shape index (κ3) is 4.91. The van der Waals surface area contributed by atoms with Gasteiger partial charge in [0.25, 0.3) is 5.91 Å². The Bertz CT molecular complexity index is 1180. The van der Waals surface area contributed by atoms with Gasteiger partial charge in [-0.15, -0.1) is 0 Å². The summed E-state index contributed by atoms with van der Waals surface area (Å²) in [6.07, 6.45) is -1.13. The topological polar surface area (TPSA) is 115 Å². The predicted octanol–water partition coefficient (Wildman–Crippen LogP) is 3.24. The Labute approximate surface area is 171 Å². The standard InChI is InChI=1S/C22H20N2O6/c1-12-4-9-19-17(10-12)18(26)11-20(30-19)22(28)29-13(2)21(27)24-16-7-5-15(6-8-16)23-14(3)25/h4-11,13H,1-3H3,(H,23,25)(H,24,27)/t13-/m0/s1. The van der Waals surface area contributed by atoms with E-state index >= 15 is 0 Å². The molecule has 0 bridgehead atoms. The van der Waals surface area contributed by atoms with Gasteiger partial charge >= 0.3 is 5.97 Å². The molecule has 8 nitrogen and oxygen atoms in total. The lowest BCUT2D eigenvalue weighted by Gasteiger charge is -2.13. The van der Waals surface area contributed by atoms with Crippen molar-refractivity contribution in [3.8, 4) is 0 Å². The molecular weight excluding hydrogens is 388 g/mol. The van der Waals surface area contributed by atoms with E-state index in [2.05, 4.69) is 10.6 Å². The lowest BCUT2D eigenvalue weighted by Crippen LogP contribution is -2.30. The number of anilines is 2. The molecule has 3 rings (SSSR count). The molecule has 2 N–H and O–H groups in total. The van der Waals surface area contributed by atoms with Crippen LogP contribution in [0.25, 0.3) is 11.0 Å². The second kappa shape index (κ2) is 8.60. The number of hydrogen-bond donors (Lipinski definition) is 2. The maximum atomic E-state index is 12.3. The van der Waals surface area contributed by atoms with E-state index in [0.717, 1.165) is 11.6 Å². The number of ether oxygens (including phenoxy) is 1. The lowest BCUT2D eigenvalue weighted by molar-refractivity contribution is -0.123. The average Bonchev–Trinajstić information content (AvgIpc) is 2.69. The van der Waals surface area contributed by atoms with E-state index in [9.17, 15) is 19.2 Å². The van der Waals surface area contributed by atoms with Gasteiger partial charge in [0.1, 0.15) is 5.58 Å². The summed E-state index contributed by atoms with van der Waals surface area (Å²) in [6.45, 7) is 4.64. The molecule has 3 aromatic rings. The minimum Gasteiger partial charge on any atom is -0.449 e. The molecular formula is C22H20N2O6. The monoisotopic (exact) mass is 408 g/mol. The van der Waals surface area contributed by atoms with Gasteiger partial charge in [-0.05, 0) is 50.2 Å². The van der Waals surface area contributed by atoms with Crippen LogP contribution in [0.3, 0.4) is 0 Å². The molecule has 1 atom stereocenters. The summed E-state index contributed by atoms with van der Waals surface area (Å²) in [4.78, 5) is 47.9. The third-order valence-electron chi connectivity index (χ3n) is 4.21. The summed E-state index contributed by atoms with van der Waals surface area (Å²) in [5.41, 5.74) is 1.83. The van der Waals surface area contributed by atoms with E-state index in [-0.39, 0.29) is 22.7 Å². The number of rotatable bonds is 5. The fraction of sp³-hybridized carbons (Fsp3) is 0.182. The molecule has 0 aliphatic rings. The van der Waals surface area contributed by atoms with Gasteiger partial charge in [-0.25, -0.2) is 4.79 Å². The van der Waals surface area contributed by atoms with E-state index < -0.39 is 18.0 Å². The largest absolute Gasteiger partial charge is 0.449 e. The van der Waals surface area contributed by atoms with Crippen molar-refractivity contribution in [2.75, 3.05) is 10.6 Å². The molecule has 154 valence electrons. The maximum absolute atomic E-state index is 12.3. The van der Waals surface area contributed by atoms with E-state index in [4.69, 9.17) is 9.15 Å². The highest BCUT2D eigenvalue weighted by molar-refractivity contribution is 5.97. The van der Waals surface area contributed by atoms with Crippen LogP contribution in [-0.4, -0.2) is 23.9 Å². The number of esters is 1. The van der Waals surface area contributed by atoms with E-state index in [1.165, 1.54) is 13.8 Å². The number of hydrogen-bond acceptors (Lipinski definition) is 6. The Kier molecular flexibility index (Phi) is 5.96. The van der Waals surface area contributed by atoms with Crippen LogP contribution in [0.15, 0.2) is 57.7 Å². The number of benzene rings is 2. The second-order valence-corrected chi connectivity index (χ2v) is 6.77. The minimum atomic E-state index is -1.13. The highest BCUT2D eigenvalue weighted by Gasteiger charge is 2.21. The molecule has 2 amide bonds. The number of fused-ring (bicyclic) bond motifs is 1. The van der Waals surface area contributed by atoms with Crippen molar-refractivity contribution in [2.45, 2.75) is 26.9 Å². The molecule has 1 aromatic heterocycles. The van der Waals surface area contributed by atoms with Gasteiger partial charge in [0.05, 0.1) is 5.39 Å². The first-order chi connectivity index (χ1) is 14.2. The highest BCUT2D eigenvalue weighted by Crippen LogP contribution is 2.16. The van der Waals surface area contributed by atoms with Crippen LogP contribution in [0.2, 0.25) is 0 Å². The van der Waals surface area contributed by atoms with Crippen molar-refractivity contribution in [3.63, 3.8) is 0 Å². The Balaban J connectivity index is 1.67. The molecule has 30 heavy (non-hydrogen) atoms. The first-order valence-electron chi connectivity index (χ1n) is 9.17. The summed E-state index contributed by atoms with van der Waals surface area (Å²) in [5.74, 6) is -1.97. The summed E-state index contributed by atoms with van der Waals surface area (Å²) < 4.78 is 10.6. The van der Waals surface area contributed by atoms with Crippen LogP contribution in [0.4, 0.5) is 11.4 Å². The Hall–Kier alpha value is -3.94. The van der Waals surface area contributed by atoms with Crippen molar-refractivity contribution < 1.29 is 23.5 Å². The van der Waals surface area contributed by atoms with Gasteiger partial charge in [0.15, 0.2) is 11.5 Å². The first kappa shape index (κ1) is 20.8. The highest BCUT2D eigenvalue weighted by atomic mass is 16.6. The number of amides is 2. The number of aryl methyl sites for hydroxylation is 1. The average molecular weight is 408 g/mol. The molecule has 8 heteroatoms. The minimum absolute atomic E-state index is 0.206. The molecule has 1 heterocycles. The van der Waals surface area contributed by atoms with E-state index in [1.54, 1.807) is 42.5 Å². The third-order valence-corrected chi connectivity index (χ3v) is 4.21. The fourth-order valence-electron chi connectivity index (χ4n) is 2.73. The van der Waals surface area contributed by atoms with Gasteiger partial charge in [-0.2, -0.15) is 0 Å². The molecule has 0 aliphatic carbocycles. The van der Waals surface area contributed by atoms with Crippen molar-refractivity contribution in [1.29, 1.82) is 0 Å². The SMILES string of the molecule is CC(=O)Nc1ccc(NC(=O)[C@H](C)OC(=O)c2cc(=O)c3cc(C)ccc3o2)cc1. The van der Waals surface area contributed by atoms with Gasteiger partial charge in [0, 0.05) is 24.4 Å².